The van der Waals surface area contributed by atoms with Crippen LogP contribution in [0.2, 0.25) is 0 Å². The second kappa shape index (κ2) is 7.62. The average Bonchev–Trinajstić information content (AvgIpc) is 2.97. The van der Waals surface area contributed by atoms with Crippen molar-refractivity contribution in [1.82, 2.24) is 0 Å². The van der Waals surface area contributed by atoms with E-state index < -0.39 is 11.5 Å². The Kier molecular flexibility index (Phi) is 5.80. The minimum atomic E-state index is -0.695. The van der Waals surface area contributed by atoms with E-state index >= 15 is 0 Å². The summed E-state index contributed by atoms with van der Waals surface area (Å²) >= 11 is 0. The molecule has 0 saturated heterocycles. The van der Waals surface area contributed by atoms with Crippen LogP contribution in [0, 0.1) is 11.3 Å². The highest BCUT2D eigenvalue weighted by Crippen LogP contribution is 2.44. The minimum Gasteiger partial charge on any atom is -0.465 e. The molecule has 1 saturated carbocycles. The van der Waals surface area contributed by atoms with Crippen LogP contribution in [0.3, 0.4) is 0 Å². The summed E-state index contributed by atoms with van der Waals surface area (Å²) in [5.41, 5.74) is -0.181. The molecule has 1 aliphatic carbocycles. The third-order valence-corrected chi connectivity index (χ3v) is 4.55. The molecule has 2 unspecified atom stereocenters. The third kappa shape index (κ3) is 3.92. The predicted molar refractivity (Wildman–Crippen MR) is 88.0 cm³/mol. The standard InChI is InChI=1S/C19H26O4/c1-4-19(18(21)22-13-14(2)3)12-8-11-16(19)23-17(20)15-9-6-5-7-10-15/h5-7,9-10,14,16H,4,8,11-13H2,1-3H3. The molecule has 1 aromatic carbocycles. The van der Waals surface area contributed by atoms with Gasteiger partial charge in [0.1, 0.15) is 11.5 Å². The van der Waals surface area contributed by atoms with E-state index in [0.29, 0.717) is 37.4 Å². The van der Waals surface area contributed by atoms with Gasteiger partial charge in [0.2, 0.25) is 0 Å². The highest BCUT2D eigenvalue weighted by molar-refractivity contribution is 5.90. The van der Waals surface area contributed by atoms with Crippen LogP contribution in [-0.4, -0.2) is 24.6 Å². The summed E-state index contributed by atoms with van der Waals surface area (Å²) in [6.07, 6.45) is 2.52. The lowest BCUT2D eigenvalue weighted by Gasteiger charge is -2.32. The van der Waals surface area contributed by atoms with Crippen molar-refractivity contribution in [3.05, 3.63) is 35.9 Å². The number of hydrogen-bond acceptors (Lipinski definition) is 4. The van der Waals surface area contributed by atoms with E-state index in [1.54, 1.807) is 24.3 Å². The molecule has 4 heteroatoms. The van der Waals surface area contributed by atoms with Crippen molar-refractivity contribution in [2.45, 2.75) is 52.6 Å². The first-order valence-electron chi connectivity index (χ1n) is 8.43. The van der Waals surface area contributed by atoms with Gasteiger partial charge in [-0.05, 0) is 43.7 Å². The predicted octanol–water partition coefficient (Wildman–Crippen LogP) is 3.99. The van der Waals surface area contributed by atoms with Gasteiger partial charge in [-0.3, -0.25) is 4.79 Å². The zero-order valence-corrected chi connectivity index (χ0v) is 14.2. The molecule has 0 amide bonds. The lowest BCUT2D eigenvalue weighted by atomic mass is 9.81. The molecule has 2 rings (SSSR count). The number of esters is 2. The summed E-state index contributed by atoms with van der Waals surface area (Å²) in [6.45, 7) is 6.38. The molecule has 23 heavy (non-hydrogen) atoms. The van der Waals surface area contributed by atoms with Crippen molar-refractivity contribution in [2.75, 3.05) is 6.61 Å². The van der Waals surface area contributed by atoms with Gasteiger partial charge in [-0.2, -0.15) is 0 Å². The highest BCUT2D eigenvalue weighted by atomic mass is 16.6. The normalized spacial score (nSPS) is 23.7. The van der Waals surface area contributed by atoms with E-state index in [-0.39, 0.29) is 11.9 Å². The van der Waals surface area contributed by atoms with Crippen LogP contribution in [0.15, 0.2) is 30.3 Å². The molecule has 0 aliphatic heterocycles. The second-order valence-electron chi connectivity index (χ2n) is 6.65. The van der Waals surface area contributed by atoms with E-state index in [0.717, 1.165) is 6.42 Å². The Balaban J connectivity index is 2.10. The minimum absolute atomic E-state index is 0.225. The van der Waals surface area contributed by atoms with Gasteiger partial charge in [0.05, 0.1) is 12.2 Å². The van der Waals surface area contributed by atoms with Crippen LogP contribution < -0.4 is 0 Å². The molecule has 1 aliphatic rings. The Morgan fingerprint density at radius 2 is 1.96 bits per heavy atom. The van der Waals surface area contributed by atoms with Crippen LogP contribution in [-0.2, 0) is 14.3 Å². The second-order valence-corrected chi connectivity index (χ2v) is 6.65. The fraction of sp³-hybridized carbons (Fsp3) is 0.579. The molecular formula is C19H26O4. The topological polar surface area (TPSA) is 52.6 Å². The lowest BCUT2D eigenvalue weighted by Crippen LogP contribution is -2.42. The molecule has 4 nitrogen and oxygen atoms in total. The van der Waals surface area contributed by atoms with Gasteiger partial charge in [0.15, 0.2) is 0 Å². The highest BCUT2D eigenvalue weighted by Gasteiger charge is 2.51. The Bertz CT molecular complexity index is 538. The summed E-state index contributed by atoms with van der Waals surface area (Å²) in [6, 6.07) is 8.90. The van der Waals surface area contributed by atoms with Gasteiger partial charge >= 0.3 is 11.9 Å². The van der Waals surface area contributed by atoms with Crippen molar-refractivity contribution >= 4 is 11.9 Å². The van der Waals surface area contributed by atoms with E-state index in [1.807, 2.05) is 26.8 Å². The fourth-order valence-electron chi connectivity index (χ4n) is 3.15. The first-order valence-corrected chi connectivity index (χ1v) is 8.43. The molecule has 2 atom stereocenters. The first-order chi connectivity index (χ1) is 11.0. The monoisotopic (exact) mass is 318 g/mol. The number of benzene rings is 1. The zero-order valence-electron chi connectivity index (χ0n) is 14.2. The van der Waals surface area contributed by atoms with Crippen LogP contribution in [0.25, 0.3) is 0 Å². The number of hydrogen-bond donors (Lipinski definition) is 0. The molecule has 0 spiro atoms. The molecule has 0 radical (unpaired) electrons. The molecule has 1 fully saturated rings. The van der Waals surface area contributed by atoms with Crippen LogP contribution in [0.4, 0.5) is 0 Å². The Morgan fingerprint density at radius 3 is 2.57 bits per heavy atom. The molecule has 0 aromatic heterocycles. The van der Waals surface area contributed by atoms with Gasteiger partial charge in [0.25, 0.3) is 0 Å². The van der Waals surface area contributed by atoms with Gasteiger partial charge in [-0.25, -0.2) is 4.79 Å². The Hall–Kier alpha value is -1.84. The third-order valence-electron chi connectivity index (χ3n) is 4.55. The van der Waals surface area contributed by atoms with E-state index in [9.17, 15) is 9.59 Å². The van der Waals surface area contributed by atoms with Crippen molar-refractivity contribution in [2.24, 2.45) is 11.3 Å². The molecular weight excluding hydrogens is 292 g/mol. The van der Waals surface area contributed by atoms with Crippen LogP contribution in [0.1, 0.15) is 56.8 Å². The van der Waals surface area contributed by atoms with E-state index in [1.165, 1.54) is 0 Å². The summed E-state index contributed by atoms with van der Waals surface area (Å²) < 4.78 is 11.2. The van der Waals surface area contributed by atoms with E-state index in [4.69, 9.17) is 9.47 Å². The summed E-state index contributed by atoms with van der Waals surface area (Å²) in [5.74, 6) is -0.302. The van der Waals surface area contributed by atoms with Crippen molar-refractivity contribution in [1.29, 1.82) is 0 Å². The van der Waals surface area contributed by atoms with Crippen molar-refractivity contribution in [3.63, 3.8) is 0 Å². The maximum Gasteiger partial charge on any atom is 0.338 e. The fourth-order valence-corrected chi connectivity index (χ4v) is 3.15. The maximum atomic E-state index is 12.6. The average molecular weight is 318 g/mol. The van der Waals surface area contributed by atoms with Crippen molar-refractivity contribution < 1.29 is 19.1 Å². The smallest absolute Gasteiger partial charge is 0.338 e. The Morgan fingerprint density at radius 1 is 1.26 bits per heavy atom. The number of carbonyl (C=O) groups is 2. The maximum absolute atomic E-state index is 12.6. The quantitative estimate of drug-likeness (QED) is 0.744. The summed E-state index contributed by atoms with van der Waals surface area (Å²) in [5, 5.41) is 0. The van der Waals surface area contributed by atoms with E-state index in [2.05, 4.69) is 0 Å². The summed E-state index contributed by atoms with van der Waals surface area (Å²) in [7, 11) is 0. The zero-order chi connectivity index (χ0) is 16.9. The number of carbonyl (C=O) groups excluding carboxylic acids is 2. The Labute approximate surface area is 138 Å². The van der Waals surface area contributed by atoms with Crippen LogP contribution in [0.5, 0.6) is 0 Å². The molecule has 0 N–H and O–H groups in total. The SMILES string of the molecule is CCC1(C(=O)OCC(C)C)CCCC1OC(=O)c1ccccc1. The number of rotatable bonds is 6. The molecule has 0 bridgehead atoms. The largest absolute Gasteiger partial charge is 0.465 e. The van der Waals surface area contributed by atoms with Gasteiger partial charge in [-0.15, -0.1) is 0 Å². The molecule has 0 heterocycles. The van der Waals surface area contributed by atoms with Crippen LogP contribution >= 0.6 is 0 Å². The summed E-state index contributed by atoms with van der Waals surface area (Å²) in [4.78, 5) is 24.9. The number of ether oxygens (including phenoxy) is 2. The lowest BCUT2D eigenvalue weighted by molar-refractivity contribution is -0.163. The first kappa shape index (κ1) is 17.5. The van der Waals surface area contributed by atoms with Crippen molar-refractivity contribution in [3.8, 4) is 0 Å². The van der Waals surface area contributed by atoms with Gasteiger partial charge < -0.3 is 9.47 Å². The molecule has 126 valence electrons. The molecule has 1 aromatic rings. The van der Waals surface area contributed by atoms with Gasteiger partial charge in [-0.1, -0.05) is 39.0 Å². The van der Waals surface area contributed by atoms with Gasteiger partial charge in [0, 0.05) is 0 Å².